The Morgan fingerprint density at radius 2 is 2.38 bits per heavy atom. The monoisotopic (exact) mass is 218 g/mol. The Kier molecular flexibility index (Phi) is 5.79. The number of hydrogen-bond donors (Lipinski definition) is 1. The number of pyridine rings is 1. The van der Waals surface area contributed by atoms with Crippen molar-refractivity contribution in [3.8, 4) is 0 Å². The molecule has 1 unspecified atom stereocenters. The van der Waals surface area contributed by atoms with Crippen LogP contribution in [0, 0.1) is 6.92 Å². The summed E-state index contributed by atoms with van der Waals surface area (Å²) < 4.78 is 0. The quantitative estimate of drug-likeness (QED) is 0.709. The lowest BCUT2D eigenvalue weighted by atomic mass is 9.99. The van der Waals surface area contributed by atoms with Crippen molar-refractivity contribution >= 4 is 0 Å². The molecule has 1 aromatic heterocycles. The second-order valence-electron chi connectivity index (χ2n) is 4.10. The number of aryl methyl sites for hydroxylation is 1. The zero-order valence-corrected chi connectivity index (χ0v) is 10.4. The number of nitrogens with zero attached hydrogens (tertiary/aromatic N) is 1. The molecule has 0 aliphatic rings. The molecule has 88 valence electrons. The molecule has 0 amide bonds. The maximum absolute atomic E-state index is 4.22. The van der Waals surface area contributed by atoms with Crippen LogP contribution in [0.4, 0.5) is 0 Å². The molecule has 0 aromatic carbocycles. The van der Waals surface area contributed by atoms with Crippen LogP contribution in [0.15, 0.2) is 31.1 Å². The fourth-order valence-corrected chi connectivity index (χ4v) is 1.81. The van der Waals surface area contributed by atoms with Gasteiger partial charge in [-0.2, -0.15) is 0 Å². The molecule has 0 saturated carbocycles. The summed E-state index contributed by atoms with van der Waals surface area (Å²) in [6.45, 7) is 9.17. The fourth-order valence-electron chi connectivity index (χ4n) is 1.81. The van der Waals surface area contributed by atoms with Gasteiger partial charge in [0.1, 0.15) is 0 Å². The molecule has 0 saturated heterocycles. The van der Waals surface area contributed by atoms with Crippen LogP contribution in [0.25, 0.3) is 0 Å². The second-order valence-corrected chi connectivity index (χ2v) is 4.10. The first-order chi connectivity index (χ1) is 7.79. The summed E-state index contributed by atoms with van der Waals surface area (Å²) in [5, 5.41) is 3.57. The van der Waals surface area contributed by atoms with E-state index in [-0.39, 0.29) is 0 Å². The van der Waals surface area contributed by atoms with E-state index in [1.54, 1.807) is 0 Å². The van der Waals surface area contributed by atoms with Crippen LogP contribution >= 0.6 is 0 Å². The first-order valence-electron chi connectivity index (χ1n) is 6.04. The van der Waals surface area contributed by atoms with Gasteiger partial charge in [0.05, 0.1) is 0 Å². The molecule has 1 rings (SSSR count). The molecule has 0 spiro atoms. The molecule has 1 atom stereocenters. The van der Waals surface area contributed by atoms with Crippen LogP contribution in [0.1, 0.15) is 43.4 Å². The molecule has 0 aliphatic carbocycles. The summed E-state index contributed by atoms with van der Waals surface area (Å²) in [7, 11) is 0. The Morgan fingerprint density at radius 1 is 1.56 bits per heavy atom. The van der Waals surface area contributed by atoms with Gasteiger partial charge in [0.2, 0.25) is 0 Å². The minimum atomic E-state index is 0.409. The third-order valence-corrected chi connectivity index (χ3v) is 2.76. The van der Waals surface area contributed by atoms with E-state index in [0.29, 0.717) is 6.04 Å². The highest BCUT2D eigenvalue weighted by Gasteiger charge is 2.11. The first kappa shape index (κ1) is 12.9. The molecule has 2 heteroatoms. The lowest BCUT2D eigenvalue weighted by molar-refractivity contribution is 0.500. The van der Waals surface area contributed by atoms with Crippen molar-refractivity contribution in [2.24, 2.45) is 0 Å². The Bertz CT molecular complexity index is 320. The number of allylic oxidation sites excluding steroid dienone is 1. The molecule has 0 bridgehead atoms. The van der Waals surface area contributed by atoms with E-state index in [0.717, 1.165) is 25.8 Å². The van der Waals surface area contributed by atoms with Gasteiger partial charge in [-0.25, -0.2) is 0 Å². The smallest absolute Gasteiger partial charge is 0.0341 e. The molecular weight excluding hydrogens is 196 g/mol. The fraction of sp³-hybridized carbons (Fsp3) is 0.500. The summed E-state index contributed by atoms with van der Waals surface area (Å²) in [6.07, 6.45) is 9.09. The molecule has 2 nitrogen and oxygen atoms in total. The molecule has 1 aromatic rings. The predicted molar refractivity (Wildman–Crippen MR) is 69.4 cm³/mol. The number of rotatable bonds is 7. The van der Waals surface area contributed by atoms with E-state index >= 15 is 0 Å². The summed E-state index contributed by atoms with van der Waals surface area (Å²) in [6, 6.07) is 2.48. The molecule has 16 heavy (non-hydrogen) atoms. The van der Waals surface area contributed by atoms with Crippen molar-refractivity contribution in [3.05, 3.63) is 42.2 Å². The van der Waals surface area contributed by atoms with E-state index in [2.05, 4.69) is 36.8 Å². The average molecular weight is 218 g/mol. The Labute approximate surface area is 98.8 Å². The maximum atomic E-state index is 4.22. The Hall–Kier alpha value is -1.15. The van der Waals surface area contributed by atoms with E-state index in [4.69, 9.17) is 0 Å². The molecule has 0 fully saturated rings. The SMILES string of the molecule is C=CCCC(NCCC)c1cnccc1C. The molecule has 0 radical (unpaired) electrons. The van der Waals surface area contributed by atoms with Gasteiger partial charge in [-0.05, 0) is 49.9 Å². The van der Waals surface area contributed by atoms with Crippen LogP contribution in [0.3, 0.4) is 0 Å². The van der Waals surface area contributed by atoms with Gasteiger partial charge in [-0.1, -0.05) is 13.0 Å². The number of nitrogens with one attached hydrogen (secondary N) is 1. The lowest BCUT2D eigenvalue weighted by Gasteiger charge is -2.19. The highest BCUT2D eigenvalue weighted by molar-refractivity contribution is 5.25. The summed E-state index contributed by atoms with van der Waals surface area (Å²) in [4.78, 5) is 4.22. The average Bonchev–Trinajstić information content (AvgIpc) is 2.31. The first-order valence-corrected chi connectivity index (χ1v) is 6.04. The number of hydrogen-bond acceptors (Lipinski definition) is 2. The standard InChI is InChI=1S/C14H22N2/c1-4-6-7-14(16-9-5-2)13-11-15-10-8-12(13)3/h4,8,10-11,14,16H,1,5-7,9H2,2-3H3. The van der Waals surface area contributed by atoms with Crippen LogP contribution in [0.2, 0.25) is 0 Å². The molecule has 1 N–H and O–H groups in total. The predicted octanol–water partition coefficient (Wildman–Crippen LogP) is 3.40. The van der Waals surface area contributed by atoms with Crippen molar-refractivity contribution in [2.45, 2.75) is 39.2 Å². The van der Waals surface area contributed by atoms with Crippen LogP contribution < -0.4 is 5.32 Å². The van der Waals surface area contributed by atoms with Gasteiger partial charge in [-0.3, -0.25) is 4.98 Å². The molecular formula is C14H22N2. The minimum absolute atomic E-state index is 0.409. The van der Waals surface area contributed by atoms with Crippen molar-refractivity contribution in [3.63, 3.8) is 0 Å². The highest BCUT2D eigenvalue weighted by Crippen LogP contribution is 2.21. The summed E-state index contributed by atoms with van der Waals surface area (Å²) in [5.74, 6) is 0. The van der Waals surface area contributed by atoms with Crippen molar-refractivity contribution < 1.29 is 0 Å². The van der Waals surface area contributed by atoms with Gasteiger partial charge in [0, 0.05) is 18.4 Å². The van der Waals surface area contributed by atoms with E-state index in [1.807, 2.05) is 18.5 Å². The van der Waals surface area contributed by atoms with Gasteiger partial charge in [0.25, 0.3) is 0 Å². The van der Waals surface area contributed by atoms with Gasteiger partial charge in [-0.15, -0.1) is 6.58 Å². The van der Waals surface area contributed by atoms with Crippen LogP contribution in [-0.2, 0) is 0 Å². The van der Waals surface area contributed by atoms with E-state index in [9.17, 15) is 0 Å². The normalized spacial score (nSPS) is 12.4. The zero-order chi connectivity index (χ0) is 11.8. The van der Waals surface area contributed by atoms with Crippen molar-refractivity contribution in [2.75, 3.05) is 6.54 Å². The third-order valence-electron chi connectivity index (χ3n) is 2.76. The molecule has 1 heterocycles. The lowest BCUT2D eigenvalue weighted by Crippen LogP contribution is -2.22. The van der Waals surface area contributed by atoms with E-state index in [1.165, 1.54) is 11.1 Å². The zero-order valence-electron chi connectivity index (χ0n) is 10.4. The third kappa shape index (κ3) is 3.78. The summed E-state index contributed by atoms with van der Waals surface area (Å²) in [5.41, 5.74) is 2.63. The Balaban J connectivity index is 2.74. The summed E-state index contributed by atoms with van der Waals surface area (Å²) >= 11 is 0. The topological polar surface area (TPSA) is 24.9 Å². The highest BCUT2D eigenvalue weighted by atomic mass is 14.9. The van der Waals surface area contributed by atoms with E-state index < -0.39 is 0 Å². The van der Waals surface area contributed by atoms with Crippen molar-refractivity contribution in [1.29, 1.82) is 0 Å². The minimum Gasteiger partial charge on any atom is -0.310 e. The number of aromatic nitrogens is 1. The van der Waals surface area contributed by atoms with Crippen LogP contribution in [-0.4, -0.2) is 11.5 Å². The maximum Gasteiger partial charge on any atom is 0.0341 e. The van der Waals surface area contributed by atoms with Gasteiger partial charge < -0.3 is 5.32 Å². The molecule has 0 aliphatic heterocycles. The van der Waals surface area contributed by atoms with Gasteiger partial charge >= 0.3 is 0 Å². The largest absolute Gasteiger partial charge is 0.310 e. The van der Waals surface area contributed by atoms with Gasteiger partial charge in [0.15, 0.2) is 0 Å². The second kappa shape index (κ2) is 7.18. The van der Waals surface area contributed by atoms with Crippen molar-refractivity contribution in [1.82, 2.24) is 10.3 Å². The Morgan fingerprint density at radius 3 is 3.00 bits per heavy atom. The van der Waals surface area contributed by atoms with Crippen LogP contribution in [0.5, 0.6) is 0 Å².